The molecule has 2 heterocycles. The second-order valence-corrected chi connectivity index (χ2v) is 6.90. The van der Waals surface area contributed by atoms with Crippen LogP contribution in [-0.2, 0) is 17.8 Å². The highest BCUT2D eigenvalue weighted by molar-refractivity contribution is 9.10. The number of carbonyl (C=O) groups is 1. The lowest BCUT2D eigenvalue weighted by Crippen LogP contribution is -2.39. The molecule has 0 radical (unpaired) electrons. The number of amides is 1. The molecule has 104 valence electrons. The fourth-order valence-corrected chi connectivity index (χ4v) is 3.96. The minimum Gasteiger partial charge on any atom is -0.373 e. The zero-order valence-corrected chi connectivity index (χ0v) is 13.5. The van der Waals surface area contributed by atoms with Crippen molar-refractivity contribution >= 4 is 38.9 Å². The van der Waals surface area contributed by atoms with E-state index in [4.69, 9.17) is 0 Å². The van der Waals surface area contributed by atoms with Gasteiger partial charge >= 0.3 is 0 Å². The first-order valence-electron chi connectivity index (χ1n) is 6.46. The number of para-hydroxylation sites is 1. The Labute approximate surface area is 130 Å². The van der Waals surface area contributed by atoms with Crippen molar-refractivity contribution in [3.63, 3.8) is 0 Å². The zero-order valence-electron chi connectivity index (χ0n) is 11.1. The molecule has 1 aromatic carbocycles. The summed E-state index contributed by atoms with van der Waals surface area (Å²) in [4.78, 5) is 15.5. The lowest BCUT2D eigenvalue weighted by atomic mass is 10.1. The first-order chi connectivity index (χ1) is 9.63. The third-order valence-electron chi connectivity index (χ3n) is 3.46. The molecule has 0 aliphatic carbocycles. The quantitative estimate of drug-likeness (QED) is 0.918. The molecule has 0 saturated heterocycles. The van der Waals surface area contributed by atoms with Crippen molar-refractivity contribution in [1.29, 1.82) is 0 Å². The number of carbonyl (C=O) groups excluding carboxylic acids is 1. The van der Waals surface area contributed by atoms with Crippen LogP contribution in [0.25, 0.3) is 0 Å². The Hall–Kier alpha value is -1.33. The summed E-state index contributed by atoms with van der Waals surface area (Å²) in [6.45, 7) is 0.656. The standard InChI is InChI=1S/C15H15BrN2OS/c1-18(8-12-7-11(16)9-20-12)15(19)14-6-10-4-2-3-5-13(10)17-14/h2-5,7,9,14,17H,6,8H2,1H3/t14-/m0/s1. The molecule has 1 aliphatic heterocycles. The molecule has 1 amide bonds. The number of anilines is 1. The van der Waals surface area contributed by atoms with Crippen molar-refractivity contribution in [2.45, 2.75) is 19.0 Å². The number of benzene rings is 1. The van der Waals surface area contributed by atoms with Crippen molar-refractivity contribution in [2.75, 3.05) is 12.4 Å². The van der Waals surface area contributed by atoms with Crippen LogP contribution in [0.4, 0.5) is 5.69 Å². The Morgan fingerprint density at radius 3 is 3.00 bits per heavy atom. The van der Waals surface area contributed by atoms with Gasteiger partial charge in [0, 0.05) is 33.9 Å². The zero-order chi connectivity index (χ0) is 14.1. The molecule has 1 N–H and O–H groups in total. The maximum Gasteiger partial charge on any atom is 0.245 e. The summed E-state index contributed by atoms with van der Waals surface area (Å²) in [5.74, 6) is 0.144. The molecule has 0 unspecified atom stereocenters. The van der Waals surface area contributed by atoms with Gasteiger partial charge in [0.25, 0.3) is 0 Å². The molecule has 1 atom stereocenters. The molecule has 3 nitrogen and oxygen atoms in total. The van der Waals surface area contributed by atoms with Crippen LogP contribution in [-0.4, -0.2) is 23.9 Å². The van der Waals surface area contributed by atoms with Gasteiger partial charge in [0.15, 0.2) is 0 Å². The number of nitrogens with one attached hydrogen (secondary N) is 1. The Balaban J connectivity index is 1.65. The molecular formula is C15H15BrN2OS. The lowest BCUT2D eigenvalue weighted by Gasteiger charge is -2.20. The maximum absolute atomic E-state index is 12.5. The van der Waals surface area contributed by atoms with Crippen LogP contribution < -0.4 is 5.32 Å². The Morgan fingerprint density at radius 1 is 1.50 bits per heavy atom. The minimum atomic E-state index is -0.138. The number of thiophene rings is 1. The number of likely N-dealkylation sites (N-methyl/N-ethyl adjacent to an activating group) is 1. The van der Waals surface area contributed by atoms with Gasteiger partial charge < -0.3 is 10.2 Å². The lowest BCUT2D eigenvalue weighted by molar-refractivity contribution is -0.131. The Morgan fingerprint density at radius 2 is 2.30 bits per heavy atom. The monoisotopic (exact) mass is 350 g/mol. The van der Waals surface area contributed by atoms with E-state index in [1.54, 1.807) is 16.2 Å². The molecule has 3 rings (SSSR count). The van der Waals surface area contributed by atoms with Crippen molar-refractivity contribution in [3.8, 4) is 0 Å². The van der Waals surface area contributed by atoms with E-state index in [0.717, 1.165) is 16.6 Å². The summed E-state index contributed by atoms with van der Waals surface area (Å²) in [5.41, 5.74) is 2.30. The van der Waals surface area contributed by atoms with Crippen LogP contribution in [0.5, 0.6) is 0 Å². The fourth-order valence-electron chi connectivity index (χ4n) is 2.46. The highest BCUT2D eigenvalue weighted by Gasteiger charge is 2.28. The van der Waals surface area contributed by atoms with Crippen molar-refractivity contribution in [1.82, 2.24) is 4.90 Å². The minimum absolute atomic E-state index is 0.138. The van der Waals surface area contributed by atoms with Crippen molar-refractivity contribution in [3.05, 3.63) is 50.6 Å². The summed E-state index contributed by atoms with van der Waals surface area (Å²) in [6.07, 6.45) is 0.771. The fraction of sp³-hybridized carbons (Fsp3) is 0.267. The van der Waals surface area contributed by atoms with Gasteiger partial charge in [-0.25, -0.2) is 0 Å². The van der Waals surface area contributed by atoms with Crippen LogP contribution in [0, 0.1) is 0 Å². The van der Waals surface area contributed by atoms with Gasteiger partial charge in [-0.3, -0.25) is 4.79 Å². The van der Waals surface area contributed by atoms with E-state index in [0.29, 0.717) is 6.54 Å². The summed E-state index contributed by atoms with van der Waals surface area (Å²) in [5, 5.41) is 5.35. The van der Waals surface area contributed by atoms with Crippen LogP contribution in [0.15, 0.2) is 40.2 Å². The number of halogens is 1. The van der Waals surface area contributed by atoms with E-state index in [1.165, 1.54) is 10.4 Å². The largest absolute Gasteiger partial charge is 0.373 e. The van der Waals surface area contributed by atoms with Gasteiger partial charge in [-0.05, 0) is 33.6 Å². The van der Waals surface area contributed by atoms with Crippen molar-refractivity contribution in [2.24, 2.45) is 0 Å². The molecule has 5 heteroatoms. The molecule has 1 aromatic heterocycles. The average Bonchev–Trinajstić information content (AvgIpc) is 3.03. The smallest absolute Gasteiger partial charge is 0.245 e. The number of nitrogens with zero attached hydrogens (tertiary/aromatic N) is 1. The van der Waals surface area contributed by atoms with E-state index in [9.17, 15) is 4.79 Å². The van der Waals surface area contributed by atoms with Crippen LogP contribution >= 0.6 is 27.3 Å². The first kappa shape index (κ1) is 13.6. The SMILES string of the molecule is CN(Cc1cc(Br)cs1)C(=O)[C@@H]1Cc2ccccc2N1. The van der Waals surface area contributed by atoms with Crippen LogP contribution in [0.1, 0.15) is 10.4 Å². The predicted molar refractivity (Wildman–Crippen MR) is 86.0 cm³/mol. The molecule has 20 heavy (non-hydrogen) atoms. The molecule has 2 aromatic rings. The summed E-state index contributed by atoms with van der Waals surface area (Å²) in [6, 6.07) is 10.0. The number of hydrogen-bond acceptors (Lipinski definition) is 3. The Bertz CT molecular complexity index is 615. The maximum atomic E-state index is 12.5. The van der Waals surface area contributed by atoms with Gasteiger partial charge in [0.1, 0.15) is 6.04 Å². The van der Waals surface area contributed by atoms with Crippen LogP contribution in [0.2, 0.25) is 0 Å². The normalized spacial score (nSPS) is 16.6. The molecule has 0 fully saturated rings. The molecular weight excluding hydrogens is 336 g/mol. The first-order valence-corrected chi connectivity index (χ1v) is 8.13. The average molecular weight is 351 g/mol. The number of fused-ring (bicyclic) bond motifs is 1. The molecule has 1 aliphatic rings. The highest BCUT2D eigenvalue weighted by atomic mass is 79.9. The second kappa shape index (κ2) is 5.58. The summed E-state index contributed by atoms with van der Waals surface area (Å²) >= 11 is 5.10. The van der Waals surface area contributed by atoms with E-state index in [1.807, 2.05) is 30.6 Å². The second-order valence-electron chi connectivity index (χ2n) is 4.98. The third kappa shape index (κ3) is 2.74. The molecule has 0 spiro atoms. The Kier molecular flexibility index (Phi) is 3.81. The van der Waals surface area contributed by atoms with Gasteiger partial charge in [-0.1, -0.05) is 18.2 Å². The van der Waals surface area contributed by atoms with E-state index < -0.39 is 0 Å². The van der Waals surface area contributed by atoms with Crippen LogP contribution in [0.3, 0.4) is 0 Å². The summed E-state index contributed by atoms with van der Waals surface area (Å²) < 4.78 is 1.07. The van der Waals surface area contributed by atoms with E-state index >= 15 is 0 Å². The topological polar surface area (TPSA) is 32.3 Å². The van der Waals surface area contributed by atoms with E-state index in [-0.39, 0.29) is 11.9 Å². The van der Waals surface area contributed by atoms with E-state index in [2.05, 4.69) is 33.4 Å². The molecule has 0 bridgehead atoms. The van der Waals surface area contributed by atoms with Gasteiger partial charge in [0.2, 0.25) is 5.91 Å². The highest BCUT2D eigenvalue weighted by Crippen LogP contribution is 2.26. The van der Waals surface area contributed by atoms with Gasteiger partial charge in [-0.15, -0.1) is 11.3 Å². The number of rotatable bonds is 3. The third-order valence-corrected chi connectivity index (χ3v) is 5.14. The molecule has 0 saturated carbocycles. The predicted octanol–water partition coefficient (Wildman–Crippen LogP) is 3.51. The summed E-state index contributed by atoms with van der Waals surface area (Å²) in [7, 11) is 1.86. The van der Waals surface area contributed by atoms with Gasteiger partial charge in [-0.2, -0.15) is 0 Å². The number of hydrogen-bond donors (Lipinski definition) is 1. The van der Waals surface area contributed by atoms with Crippen molar-refractivity contribution < 1.29 is 4.79 Å². The van der Waals surface area contributed by atoms with Gasteiger partial charge in [0.05, 0.1) is 6.54 Å².